The second kappa shape index (κ2) is 7.88. The quantitative estimate of drug-likeness (QED) is 0.566. The number of hydrogen-bond donors (Lipinski definition) is 1. The van der Waals surface area contributed by atoms with Crippen molar-refractivity contribution in [1.82, 2.24) is 5.32 Å². The van der Waals surface area contributed by atoms with Crippen molar-refractivity contribution in [3.05, 3.63) is 35.9 Å². The molecule has 0 heterocycles. The number of carbonyl (C=O) groups is 1. The van der Waals surface area contributed by atoms with Crippen LogP contribution in [-0.2, 0) is 16.1 Å². The zero-order valence-electron chi connectivity index (χ0n) is 9.74. The molecule has 0 aliphatic rings. The van der Waals surface area contributed by atoms with E-state index in [9.17, 15) is 4.79 Å². The monoisotopic (exact) mass is 221 g/mol. The molecule has 1 aromatic rings. The van der Waals surface area contributed by atoms with Gasteiger partial charge in [-0.2, -0.15) is 0 Å². The van der Waals surface area contributed by atoms with E-state index in [1.165, 1.54) is 5.56 Å². The first-order valence-corrected chi connectivity index (χ1v) is 5.73. The second-order valence-corrected chi connectivity index (χ2v) is 3.66. The van der Waals surface area contributed by atoms with E-state index in [1.54, 1.807) is 0 Å². The van der Waals surface area contributed by atoms with E-state index in [0.717, 1.165) is 12.8 Å². The van der Waals surface area contributed by atoms with Gasteiger partial charge < -0.3 is 10.1 Å². The van der Waals surface area contributed by atoms with Crippen LogP contribution in [0.25, 0.3) is 0 Å². The van der Waals surface area contributed by atoms with Gasteiger partial charge in [0, 0.05) is 6.54 Å². The van der Waals surface area contributed by atoms with Crippen molar-refractivity contribution >= 4 is 5.97 Å². The molecule has 0 saturated carbocycles. The zero-order valence-corrected chi connectivity index (χ0v) is 9.74. The lowest BCUT2D eigenvalue weighted by Gasteiger charge is -2.05. The third-order valence-electron chi connectivity index (χ3n) is 2.20. The number of hydrogen-bond acceptors (Lipinski definition) is 3. The smallest absolute Gasteiger partial charge is 0.319 e. The lowest BCUT2D eigenvalue weighted by molar-refractivity contribution is -0.142. The SMILES string of the molecule is CCCCOC(=O)CNCc1ccccc1. The van der Waals surface area contributed by atoms with Crippen LogP contribution in [0.15, 0.2) is 30.3 Å². The van der Waals surface area contributed by atoms with Crippen molar-refractivity contribution in [2.75, 3.05) is 13.2 Å². The molecule has 1 N–H and O–H groups in total. The Hall–Kier alpha value is -1.35. The maximum absolute atomic E-state index is 11.2. The summed E-state index contributed by atoms with van der Waals surface area (Å²) in [5.74, 6) is -0.176. The minimum atomic E-state index is -0.176. The highest BCUT2D eigenvalue weighted by Crippen LogP contribution is 1.96. The summed E-state index contributed by atoms with van der Waals surface area (Å²) in [5, 5.41) is 3.05. The summed E-state index contributed by atoms with van der Waals surface area (Å²) in [6, 6.07) is 9.99. The predicted molar refractivity (Wildman–Crippen MR) is 64.0 cm³/mol. The van der Waals surface area contributed by atoms with Gasteiger partial charge >= 0.3 is 5.97 Å². The molecule has 0 fully saturated rings. The summed E-state index contributed by atoms with van der Waals surface area (Å²) in [6.07, 6.45) is 1.98. The first kappa shape index (κ1) is 12.7. The third-order valence-corrected chi connectivity index (χ3v) is 2.20. The topological polar surface area (TPSA) is 38.3 Å². The Morgan fingerprint density at radius 3 is 2.75 bits per heavy atom. The molecule has 0 bridgehead atoms. The fourth-order valence-electron chi connectivity index (χ4n) is 1.29. The molecule has 0 atom stereocenters. The normalized spacial score (nSPS) is 10.1. The number of benzene rings is 1. The van der Waals surface area contributed by atoms with Gasteiger partial charge in [0.15, 0.2) is 0 Å². The maximum atomic E-state index is 11.2. The van der Waals surface area contributed by atoms with Crippen LogP contribution in [0, 0.1) is 0 Å². The summed E-state index contributed by atoms with van der Waals surface area (Å²) in [6.45, 7) is 3.58. The van der Waals surface area contributed by atoms with Crippen LogP contribution in [0.4, 0.5) is 0 Å². The summed E-state index contributed by atoms with van der Waals surface area (Å²) in [5.41, 5.74) is 1.17. The van der Waals surface area contributed by atoms with Crippen molar-refractivity contribution in [3.8, 4) is 0 Å². The van der Waals surface area contributed by atoms with Crippen LogP contribution in [0.1, 0.15) is 25.3 Å². The fourth-order valence-corrected chi connectivity index (χ4v) is 1.29. The van der Waals surface area contributed by atoms with Crippen molar-refractivity contribution in [2.45, 2.75) is 26.3 Å². The van der Waals surface area contributed by atoms with Gasteiger partial charge in [-0.1, -0.05) is 43.7 Å². The minimum absolute atomic E-state index is 0.176. The average molecular weight is 221 g/mol. The Morgan fingerprint density at radius 1 is 1.31 bits per heavy atom. The maximum Gasteiger partial charge on any atom is 0.319 e. The first-order valence-electron chi connectivity index (χ1n) is 5.73. The Bertz CT molecular complexity index is 298. The van der Waals surface area contributed by atoms with E-state index in [2.05, 4.69) is 12.2 Å². The van der Waals surface area contributed by atoms with Crippen LogP contribution in [-0.4, -0.2) is 19.1 Å². The van der Waals surface area contributed by atoms with Crippen molar-refractivity contribution < 1.29 is 9.53 Å². The highest BCUT2D eigenvalue weighted by atomic mass is 16.5. The standard InChI is InChI=1S/C13H19NO2/c1-2-3-9-16-13(15)11-14-10-12-7-5-4-6-8-12/h4-8,14H,2-3,9-11H2,1H3. The van der Waals surface area contributed by atoms with Gasteiger partial charge in [0.05, 0.1) is 13.2 Å². The van der Waals surface area contributed by atoms with Crippen LogP contribution in [0.5, 0.6) is 0 Å². The van der Waals surface area contributed by atoms with Gasteiger partial charge in [-0.05, 0) is 12.0 Å². The molecule has 3 nitrogen and oxygen atoms in total. The number of carbonyl (C=O) groups excluding carboxylic acids is 1. The molecule has 88 valence electrons. The largest absolute Gasteiger partial charge is 0.465 e. The van der Waals surface area contributed by atoms with Gasteiger partial charge in [-0.15, -0.1) is 0 Å². The van der Waals surface area contributed by atoms with E-state index in [-0.39, 0.29) is 12.5 Å². The second-order valence-electron chi connectivity index (χ2n) is 3.66. The van der Waals surface area contributed by atoms with E-state index in [1.807, 2.05) is 30.3 Å². The number of nitrogens with one attached hydrogen (secondary N) is 1. The number of rotatable bonds is 7. The summed E-state index contributed by atoms with van der Waals surface area (Å²) >= 11 is 0. The molecular weight excluding hydrogens is 202 g/mol. The van der Waals surface area contributed by atoms with Gasteiger partial charge in [0.1, 0.15) is 0 Å². The zero-order chi connectivity index (χ0) is 11.6. The molecule has 0 unspecified atom stereocenters. The molecule has 0 saturated heterocycles. The number of esters is 1. The molecule has 3 heteroatoms. The number of unbranched alkanes of at least 4 members (excludes halogenated alkanes) is 1. The molecule has 0 aliphatic carbocycles. The molecular formula is C13H19NO2. The Balaban J connectivity index is 2.09. The Labute approximate surface area is 96.8 Å². The molecule has 1 rings (SSSR count). The van der Waals surface area contributed by atoms with E-state index < -0.39 is 0 Å². The van der Waals surface area contributed by atoms with Crippen LogP contribution < -0.4 is 5.32 Å². The Morgan fingerprint density at radius 2 is 2.06 bits per heavy atom. The van der Waals surface area contributed by atoms with E-state index >= 15 is 0 Å². The average Bonchev–Trinajstić information content (AvgIpc) is 2.31. The minimum Gasteiger partial charge on any atom is -0.465 e. The molecule has 0 aliphatic heterocycles. The molecule has 0 spiro atoms. The highest BCUT2D eigenvalue weighted by Gasteiger charge is 2.01. The van der Waals surface area contributed by atoms with E-state index in [4.69, 9.17) is 4.74 Å². The predicted octanol–water partition coefficient (Wildman–Crippen LogP) is 2.12. The van der Waals surface area contributed by atoms with Gasteiger partial charge in [0.2, 0.25) is 0 Å². The van der Waals surface area contributed by atoms with Gasteiger partial charge in [-0.3, -0.25) is 4.79 Å². The van der Waals surface area contributed by atoms with Crippen molar-refractivity contribution in [2.24, 2.45) is 0 Å². The molecule has 0 aromatic heterocycles. The lowest BCUT2D eigenvalue weighted by Crippen LogP contribution is -2.24. The van der Waals surface area contributed by atoms with Gasteiger partial charge in [0.25, 0.3) is 0 Å². The first-order chi connectivity index (χ1) is 7.83. The lowest BCUT2D eigenvalue weighted by atomic mass is 10.2. The highest BCUT2D eigenvalue weighted by molar-refractivity contribution is 5.71. The van der Waals surface area contributed by atoms with Crippen LogP contribution in [0.3, 0.4) is 0 Å². The summed E-state index contributed by atoms with van der Waals surface area (Å²) in [4.78, 5) is 11.2. The van der Waals surface area contributed by atoms with Crippen LogP contribution >= 0.6 is 0 Å². The molecule has 0 amide bonds. The summed E-state index contributed by atoms with van der Waals surface area (Å²) < 4.78 is 5.02. The van der Waals surface area contributed by atoms with Crippen LogP contribution in [0.2, 0.25) is 0 Å². The molecule has 16 heavy (non-hydrogen) atoms. The van der Waals surface area contributed by atoms with Gasteiger partial charge in [-0.25, -0.2) is 0 Å². The fraction of sp³-hybridized carbons (Fsp3) is 0.462. The summed E-state index contributed by atoms with van der Waals surface area (Å²) in [7, 11) is 0. The van der Waals surface area contributed by atoms with Crippen molar-refractivity contribution in [3.63, 3.8) is 0 Å². The molecule has 0 radical (unpaired) electrons. The third kappa shape index (κ3) is 5.51. The molecule has 1 aromatic carbocycles. The van der Waals surface area contributed by atoms with E-state index in [0.29, 0.717) is 13.2 Å². The number of ether oxygens (including phenoxy) is 1. The Kier molecular flexibility index (Phi) is 6.26. The van der Waals surface area contributed by atoms with Crippen molar-refractivity contribution in [1.29, 1.82) is 0 Å².